The predicted molar refractivity (Wildman–Crippen MR) is 67.0 cm³/mol. The van der Waals surface area contributed by atoms with Crippen molar-refractivity contribution in [1.29, 1.82) is 0 Å². The molecule has 0 saturated carbocycles. The van der Waals surface area contributed by atoms with Gasteiger partial charge in [-0.15, -0.1) is 10.2 Å². The number of fused-ring (bicyclic) bond motifs is 1. The molecule has 0 N–H and O–H groups in total. The van der Waals surface area contributed by atoms with E-state index in [1.807, 2.05) is 4.40 Å². The van der Waals surface area contributed by atoms with E-state index < -0.39 is 0 Å². The molecule has 0 amide bonds. The highest BCUT2D eigenvalue weighted by Gasteiger charge is 2.19. The lowest BCUT2D eigenvalue weighted by Crippen LogP contribution is -2.11. The van der Waals surface area contributed by atoms with Crippen LogP contribution in [-0.2, 0) is 15.9 Å². The molecular formula is C13H15N3O3. The van der Waals surface area contributed by atoms with Crippen molar-refractivity contribution in [2.75, 3.05) is 13.7 Å². The van der Waals surface area contributed by atoms with Crippen LogP contribution in [0, 0.1) is 0 Å². The van der Waals surface area contributed by atoms with Gasteiger partial charge in [-0.05, 0) is 25.0 Å². The monoisotopic (exact) mass is 261 g/mol. The third-order valence-electron chi connectivity index (χ3n) is 3.34. The molecule has 1 atom stereocenters. The number of carbonyl (C=O) groups excluding carboxylic acids is 1. The van der Waals surface area contributed by atoms with Crippen molar-refractivity contribution < 1.29 is 14.3 Å². The molecule has 1 unspecified atom stereocenters. The van der Waals surface area contributed by atoms with E-state index in [0.29, 0.717) is 11.2 Å². The third-order valence-corrected chi connectivity index (χ3v) is 3.34. The van der Waals surface area contributed by atoms with Gasteiger partial charge in [-0.3, -0.25) is 4.40 Å². The molecule has 0 radical (unpaired) electrons. The molecule has 2 aromatic rings. The van der Waals surface area contributed by atoms with Crippen LogP contribution in [0.15, 0.2) is 18.3 Å². The van der Waals surface area contributed by atoms with E-state index in [4.69, 9.17) is 4.74 Å². The molecule has 1 aliphatic rings. The van der Waals surface area contributed by atoms with E-state index in [-0.39, 0.29) is 12.1 Å². The molecule has 19 heavy (non-hydrogen) atoms. The molecular weight excluding hydrogens is 246 g/mol. The smallest absolute Gasteiger partial charge is 0.338 e. The Morgan fingerprint density at radius 2 is 2.47 bits per heavy atom. The number of nitrogens with zero attached hydrogens (tertiary/aromatic N) is 3. The summed E-state index contributed by atoms with van der Waals surface area (Å²) in [6, 6.07) is 3.39. The average Bonchev–Trinajstić information content (AvgIpc) is 3.08. The van der Waals surface area contributed by atoms with Gasteiger partial charge >= 0.3 is 5.97 Å². The topological polar surface area (TPSA) is 65.7 Å². The van der Waals surface area contributed by atoms with Crippen LogP contribution >= 0.6 is 0 Å². The summed E-state index contributed by atoms with van der Waals surface area (Å²) < 4.78 is 12.2. The summed E-state index contributed by atoms with van der Waals surface area (Å²) in [6.45, 7) is 0.827. The van der Waals surface area contributed by atoms with Crippen molar-refractivity contribution >= 4 is 11.6 Å². The second kappa shape index (κ2) is 4.97. The summed E-state index contributed by atoms with van der Waals surface area (Å²) in [7, 11) is 1.36. The van der Waals surface area contributed by atoms with Crippen LogP contribution in [0.2, 0.25) is 0 Å². The SMILES string of the molecule is COC(=O)c1ccn2c(CC3CCCO3)nnc2c1. The molecule has 100 valence electrons. The second-order valence-corrected chi connectivity index (χ2v) is 4.59. The van der Waals surface area contributed by atoms with Gasteiger partial charge in [0.1, 0.15) is 5.82 Å². The maximum atomic E-state index is 11.4. The highest BCUT2D eigenvalue weighted by Crippen LogP contribution is 2.17. The van der Waals surface area contributed by atoms with Crippen molar-refractivity contribution in [2.24, 2.45) is 0 Å². The van der Waals surface area contributed by atoms with Crippen LogP contribution in [-0.4, -0.2) is 40.4 Å². The van der Waals surface area contributed by atoms with Gasteiger partial charge < -0.3 is 9.47 Å². The summed E-state index contributed by atoms with van der Waals surface area (Å²) in [6.07, 6.45) is 4.95. The fourth-order valence-corrected chi connectivity index (χ4v) is 2.33. The Balaban J connectivity index is 1.88. The Hall–Kier alpha value is -1.95. The lowest BCUT2D eigenvalue weighted by molar-refractivity contribution is 0.0600. The van der Waals surface area contributed by atoms with Crippen LogP contribution < -0.4 is 0 Å². The molecule has 6 heteroatoms. The highest BCUT2D eigenvalue weighted by atomic mass is 16.5. The van der Waals surface area contributed by atoms with Crippen LogP contribution in [0.1, 0.15) is 29.0 Å². The Morgan fingerprint density at radius 1 is 1.58 bits per heavy atom. The van der Waals surface area contributed by atoms with E-state index >= 15 is 0 Å². The Bertz CT molecular complexity index is 602. The van der Waals surface area contributed by atoms with Gasteiger partial charge in [0.2, 0.25) is 0 Å². The van der Waals surface area contributed by atoms with Crippen molar-refractivity contribution in [3.63, 3.8) is 0 Å². The highest BCUT2D eigenvalue weighted by molar-refractivity contribution is 5.90. The quantitative estimate of drug-likeness (QED) is 0.778. The molecule has 0 aliphatic carbocycles. The molecule has 2 aromatic heterocycles. The first kappa shape index (κ1) is 12.1. The van der Waals surface area contributed by atoms with Gasteiger partial charge in [0.05, 0.1) is 18.8 Å². The molecule has 1 aliphatic heterocycles. The molecule has 0 bridgehead atoms. The summed E-state index contributed by atoms with van der Waals surface area (Å²) in [5.74, 6) is 0.490. The fourth-order valence-electron chi connectivity index (χ4n) is 2.33. The maximum Gasteiger partial charge on any atom is 0.338 e. The van der Waals surface area contributed by atoms with Gasteiger partial charge in [-0.25, -0.2) is 4.79 Å². The molecule has 3 rings (SSSR count). The van der Waals surface area contributed by atoms with Gasteiger partial charge in [0.15, 0.2) is 5.65 Å². The standard InChI is InChI=1S/C13H15N3O3/c1-18-13(17)9-4-5-16-11(7-9)14-15-12(16)8-10-3-2-6-19-10/h4-5,7,10H,2-3,6,8H2,1H3. The molecule has 1 fully saturated rings. The lowest BCUT2D eigenvalue weighted by Gasteiger charge is -2.07. The van der Waals surface area contributed by atoms with Gasteiger partial charge in [0, 0.05) is 19.2 Å². The van der Waals surface area contributed by atoms with Crippen molar-refractivity contribution in [2.45, 2.75) is 25.4 Å². The molecule has 3 heterocycles. The molecule has 0 aromatic carbocycles. The fraction of sp³-hybridized carbons (Fsp3) is 0.462. The summed E-state index contributed by atoms with van der Waals surface area (Å²) in [5.41, 5.74) is 1.13. The minimum Gasteiger partial charge on any atom is -0.465 e. The number of pyridine rings is 1. The Morgan fingerprint density at radius 3 is 3.21 bits per heavy atom. The number of carbonyl (C=O) groups is 1. The molecule has 6 nitrogen and oxygen atoms in total. The van der Waals surface area contributed by atoms with E-state index in [1.165, 1.54) is 7.11 Å². The number of rotatable bonds is 3. The lowest BCUT2D eigenvalue weighted by atomic mass is 10.2. The number of ether oxygens (including phenoxy) is 2. The largest absolute Gasteiger partial charge is 0.465 e. The first-order valence-corrected chi connectivity index (χ1v) is 6.31. The van der Waals surface area contributed by atoms with Gasteiger partial charge in [0.25, 0.3) is 0 Å². The molecule has 0 spiro atoms. The van der Waals surface area contributed by atoms with E-state index in [0.717, 1.165) is 31.7 Å². The van der Waals surface area contributed by atoms with E-state index in [9.17, 15) is 4.79 Å². The van der Waals surface area contributed by atoms with Crippen molar-refractivity contribution in [3.05, 3.63) is 29.7 Å². The van der Waals surface area contributed by atoms with E-state index in [1.54, 1.807) is 18.3 Å². The van der Waals surface area contributed by atoms with Gasteiger partial charge in [-0.2, -0.15) is 0 Å². The average molecular weight is 261 g/mol. The van der Waals surface area contributed by atoms with E-state index in [2.05, 4.69) is 14.9 Å². The van der Waals surface area contributed by atoms with Crippen LogP contribution in [0.25, 0.3) is 5.65 Å². The zero-order valence-corrected chi connectivity index (χ0v) is 10.7. The third kappa shape index (κ3) is 2.31. The predicted octanol–water partition coefficient (Wildman–Crippen LogP) is 1.24. The second-order valence-electron chi connectivity index (χ2n) is 4.59. The number of hydrogen-bond donors (Lipinski definition) is 0. The Kier molecular flexibility index (Phi) is 3.16. The minimum atomic E-state index is -0.369. The zero-order valence-electron chi connectivity index (χ0n) is 10.7. The normalized spacial score (nSPS) is 18.9. The zero-order chi connectivity index (χ0) is 13.2. The Labute approximate surface area is 110 Å². The van der Waals surface area contributed by atoms with Crippen LogP contribution in [0.4, 0.5) is 0 Å². The first-order valence-electron chi connectivity index (χ1n) is 6.31. The summed E-state index contributed by atoms with van der Waals surface area (Å²) in [4.78, 5) is 11.4. The first-order chi connectivity index (χ1) is 9.28. The number of methoxy groups -OCH3 is 1. The van der Waals surface area contributed by atoms with Crippen LogP contribution in [0.5, 0.6) is 0 Å². The van der Waals surface area contributed by atoms with Crippen molar-refractivity contribution in [3.8, 4) is 0 Å². The summed E-state index contributed by atoms with van der Waals surface area (Å²) in [5, 5.41) is 8.25. The van der Waals surface area contributed by atoms with Gasteiger partial charge in [-0.1, -0.05) is 0 Å². The maximum absolute atomic E-state index is 11.4. The number of esters is 1. The molecule has 1 saturated heterocycles. The number of aromatic nitrogens is 3. The van der Waals surface area contributed by atoms with Crippen molar-refractivity contribution in [1.82, 2.24) is 14.6 Å². The number of hydrogen-bond acceptors (Lipinski definition) is 5. The van der Waals surface area contributed by atoms with Crippen LogP contribution in [0.3, 0.4) is 0 Å². The minimum absolute atomic E-state index is 0.229. The summed E-state index contributed by atoms with van der Waals surface area (Å²) >= 11 is 0.